The average Bonchev–Trinajstić information content (AvgIpc) is 3.12. The van der Waals surface area contributed by atoms with E-state index in [4.69, 9.17) is 0 Å². The molecule has 1 heteroatoms. The van der Waals surface area contributed by atoms with Crippen molar-refractivity contribution >= 4 is 11.4 Å². The minimum Gasteiger partial charge on any atom is -0.344 e. The lowest BCUT2D eigenvalue weighted by atomic mass is 9.91. The van der Waals surface area contributed by atoms with Crippen molar-refractivity contribution in [1.29, 1.82) is 0 Å². The minimum atomic E-state index is 1.14. The SMILES string of the molecule is CN(c1ccc(-c2ccc(-c3ccccc3)cc2)c(-c2ccc(-c3ccccc3)cc2)c1)c1ccccc1-c1ccccc1. The molecule has 0 aliphatic rings. The fourth-order valence-electron chi connectivity index (χ4n) is 5.94. The van der Waals surface area contributed by atoms with E-state index in [-0.39, 0.29) is 0 Å². The van der Waals surface area contributed by atoms with Crippen molar-refractivity contribution in [3.8, 4) is 55.6 Å². The number of benzene rings is 7. The van der Waals surface area contributed by atoms with Crippen LogP contribution in [0.5, 0.6) is 0 Å². The molecular formula is C43H33N. The Labute approximate surface area is 260 Å². The van der Waals surface area contributed by atoms with Gasteiger partial charge in [-0.05, 0) is 68.3 Å². The standard InChI is InChI=1S/C43H33N/c1-44(43-20-12-11-19-41(43)36-17-9-4-10-18-36)39-29-30-40(37-25-21-34(22-26-37)32-13-5-2-6-14-32)42(31-39)38-27-23-35(24-28-38)33-15-7-3-8-16-33/h2-31H,1H3. The van der Waals surface area contributed by atoms with E-state index in [9.17, 15) is 0 Å². The molecule has 44 heavy (non-hydrogen) atoms. The highest BCUT2D eigenvalue weighted by Crippen LogP contribution is 2.40. The molecule has 0 atom stereocenters. The molecule has 7 aromatic carbocycles. The maximum atomic E-state index is 2.33. The average molecular weight is 564 g/mol. The number of nitrogens with zero attached hydrogens (tertiary/aromatic N) is 1. The molecule has 0 aliphatic carbocycles. The first-order chi connectivity index (χ1) is 21.7. The Kier molecular flexibility index (Phi) is 7.60. The van der Waals surface area contributed by atoms with Gasteiger partial charge in [0.25, 0.3) is 0 Å². The van der Waals surface area contributed by atoms with Crippen molar-refractivity contribution in [3.05, 3.63) is 182 Å². The lowest BCUT2D eigenvalue weighted by Gasteiger charge is -2.24. The molecule has 0 amide bonds. The molecule has 0 aromatic heterocycles. The lowest BCUT2D eigenvalue weighted by Crippen LogP contribution is -2.11. The largest absolute Gasteiger partial charge is 0.344 e. The molecular weight excluding hydrogens is 530 g/mol. The van der Waals surface area contributed by atoms with Gasteiger partial charge in [0.15, 0.2) is 0 Å². The Morgan fingerprint density at radius 1 is 0.295 bits per heavy atom. The summed E-state index contributed by atoms with van der Waals surface area (Å²) in [5.41, 5.74) is 14.4. The second-order valence-electron chi connectivity index (χ2n) is 11.1. The van der Waals surface area contributed by atoms with Gasteiger partial charge in [-0.1, -0.05) is 164 Å². The molecule has 0 radical (unpaired) electrons. The van der Waals surface area contributed by atoms with Gasteiger partial charge in [-0.3, -0.25) is 0 Å². The summed E-state index contributed by atoms with van der Waals surface area (Å²) in [7, 11) is 2.16. The van der Waals surface area contributed by atoms with Gasteiger partial charge in [-0.25, -0.2) is 0 Å². The van der Waals surface area contributed by atoms with Crippen LogP contribution in [0.3, 0.4) is 0 Å². The first-order valence-corrected chi connectivity index (χ1v) is 15.1. The van der Waals surface area contributed by atoms with Crippen LogP contribution in [-0.2, 0) is 0 Å². The van der Waals surface area contributed by atoms with Gasteiger partial charge in [0, 0.05) is 24.0 Å². The summed E-state index contributed by atoms with van der Waals surface area (Å²) in [4.78, 5) is 2.30. The molecule has 0 heterocycles. The van der Waals surface area contributed by atoms with Gasteiger partial charge in [0.1, 0.15) is 0 Å². The molecule has 0 fully saturated rings. The Hall–Kier alpha value is -5.66. The Balaban J connectivity index is 1.31. The van der Waals surface area contributed by atoms with E-state index in [0.717, 1.165) is 5.69 Å². The molecule has 7 aromatic rings. The first kappa shape index (κ1) is 27.2. The summed E-state index contributed by atoms with van der Waals surface area (Å²) in [5.74, 6) is 0. The Bertz CT molecular complexity index is 1980. The van der Waals surface area contributed by atoms with Gasteiger partial charge in [-0.15, -0.1) is 0 Å². The van der Waals surface area contributed by atoms with E-state index in [1.54, 1.807) is 0 Å². The molecule has 0 bridgehead atoms. The second-order valence-corrected chi connectivity index (χ2v) is 11.1. The highest BCUT2D eigenvalue weighted by Gasteiger charge is 2.15. The van der Waals surface area contributed by atoms with Crippen molar-refractivity contribution in [1.82, 2.24) is 0 Å². The van der Waals surface area contributed by atoms with Crippen molar-refractivity contribution in [2.75, 3.05) is 11.9 Å². The van der Waals surface area contributed by atoms with E-state index < -0.39 is 0 Å². The summed E-state index contributed by atoms with van der Waals surface area (Å²) in [6.45, 7) is 0. The predicted molar refractivity (Wildman–Crippen MR) is 188 cm³/mol. The van der Waals surface area contributed by atoms with E-state index in [0.29, 0.717) is 0 Å². The van der Waals surface area contributed by atoms with Gasteiger partial charge < -0.3 is 4.90 Å². The number of hydrogen-bond donors (Lipinski definition) is 0. The highest BCUT2D eigenvalue weighted by atomic mass is 15.1. The third kappa shape index (κ3) is 5.56. The smallest absolute Gasteiger partial charge is 0.0487 e. The van der Waals surface area contributed by atoms with E-state index >= 15 is 0 Å². The molecule has 0 saturated heterocycles. The summed E-state index contributed by atoms with van der Waals surface area (Å²) in [6, 6.07) is 65.1. The van der Waals surface area contributed by atoms with E-state index in [2.05, 4.69) is 194 Å². The van der Waals surface area contributed by atoms with Gasteiger partial charge in [0.05, 0.1) is 0 Å². The number of rotatable bonds is 7. The predicted octanol–water partition coefficient (Wildman–Crippen LogP) is 11.8. The maximum absolute atomic E-state index is 2.33. The molecule has 0 spiro atoms. The van der Waals surface area contributed by atoms with Crippen LogP contribution < -0.4 is 4.90 Å². The summed E-state index contributed by atoms with van der Waals surface area (Å²) >= 11 is 0. The molecule has 7 rings (SSSR count). The lowest BCUT2D eigenvalue weighted by molar-refractivity contribution is 1.21. The number of para-hydroxylation sites is 1. The van der Waals surface area contributed by atoms with Crippen LogP contribution in [0.4, 0.5) is 11.4 Å². The van der Waals surface area contributed by atoms with Crippen molar-refractivity contribution in [2.24, 2.45) is 0 Å². The van der Waals surface area contributed by atoms with Crippen LogP contribution in [0.2, 0.25) is 0 Å². The van der Waals surface area contributed by atoms with Crippen LogP contribution in [0.15, 0.2) is 182 Å². The summed E-state index contributed by atoms with van der Waals surface area (Å²) in [6.07, 6.45) is 0. The van der Waals surface area contributed by atoms with Crippen molar-refractivity contribution in [2.45, 2.75) is 0 Å². The third-order valence-corrected chi connectivity index (χ3v) is 8.35. The van der Waals surface area contributed by atoms with Crippen LogP contribution in [-0.4, -0.2) is 7.05 Å². The number of hydrogen-bond acceptors (Lipinski definition) is 1. The maximum Gasteiger partial charge on any atom is 0.0487 e. The van der Waals surface area contributed by atoms with Crippen LogP contribution >= 0.6 is 0 Å². The fourth-order valence-corrected chi connectivity index (χ4v) is 5.94. The monoisotopic (exact) mass is 563 g/mol. The summed E-state index contributed by atoms with van der Waals surface area (Å²) < 4.78 is 0. The van der Waals surface area contributed by atoms with Crippen molar-refractivity contribution < 1.29 is 0 Å². The van der Waals surface area contributed by atoms with Gasteiger partial charge in [-0.2, -0.15) is 0 Å². The minimum absolute atomic E-state index is 1.14. The highest BCUT2D eigenvalue weighted by molar-refractivity contribution is 5.89. The van der Waals surface area contributed by atoms with Crippen LogP contribution in [0.25, 0.3) is 55.6 Å². The molecule has 1 nitrogen and oxygen atoms in total. The zero-order valence-electron chi connectivity index (χ0n) is 24.8. The molecule has 0 unspecified atom stereocenters. The van der Waals surface area contributed by atoms with E-state index in [1.165, 1.54) is 61.3 Å². The molecule has 0 saturated carbocycles. The van der Waals surface area contributed by atoms with Gasteiger partial charge >= 0.3 is 0 Å². The zero-order valence-corrected chi connectivity index (χ0v) is 24.8. The summed E-state index contributed by atoms with van der Waals surface area (Å²) in [5, 5.41) is 0. The Morgan fingerprint density at radius 3 is 1.23 bits per heavy atom. The number of anilines is 2. The third-order valence-electron chi connectivity index (χ3n) is 8.35. The van der Waals surface area contributed by atoms with Crippen LogP contribution in [0.1, 0.15) is 0 Å². The molecule has 0 N–H and O–H groups in total. The normalized spacial score (nSPS) is 10.8. The molecule has 0 aliphatic heterocycles. The second kappa shape index (κ2) is 12.3. The first-order valence-electron chi connectivity index (χ1n) is 15.1. The Morgan fingerprint density at radius 2 is 0.682 bits per heavy atom. The topological polar surface area (TPSA) is 3.24 Å². The van der Waals surface area contributed by atoms with Crippen molar-refractivity contribution in [3.63, 3.8) is 0 Å². The van der Waals surface area contributed by atoms with Crippen LogP contribution in [0, 0.1) is 0 Å². The van der Waals surface area contributed by atoms with E-state index in [1.807, 2.05) is 0 Å². The van der Waals surface area contributed by atoms with Gasteiger partial charge in [0.2, 0.25) is 0 Å². The fraction of sp³-hybridized carbons (Fsp3) is 0.0233. The quantitative estimate of drug-likeness (QED) is 0.186. The zero-order chi connectivity index (χ0) is 29.7. The molecule has 210 valence electrons.